The van der Waals surface area contributed by atoms with Crippen molar-refractivity contribution in [2.45, 2.75) is 18.9 Å². The van der Waals surface area contributed by atoms with Crippen LogP contribution in [0.25, 0.3) is 0 Å². The van der Waals surface area contributed by atoms with Crippen LogP contribution < -0.4 is 5.73 Å². The summed E-state index contributed by atoms with van der Waals surface area (Å²) in [5.41, 5.74) is 8.68. The summed E-state index contributed by atoms with van der Waals surface area (Å²) < 4.78 is 0. The van der Waals surface area contributed by atoms with Crippen LogP contribution in [0.4, 0.5) is 0 Å². The maximum absolute atomic E-state index is 10.5. The standard InChI is InChI=1S/C16H18ClNO/c1-11-9-13(7-8-15(11)17)16(19)14(10-18)12-5-3-2-4-6-12/h2-9,14,16,19H,10,18H2,1H3. The molecule has 2 aromatic carbocycles. The lowest BCUT2D eigenvalue weighted by molar-refractivity contribution is 0.147. The SMILES string of the molecule is Cc1cc(C(O)C(CN)c2ccccc2)ccc1Cl. The molecule has 2 unspecified atom stereocenters. The van der Waals surface area contributed by atoms with Gasteiger partial charge in [0.25, 0.3) is 0 Å². The van der Waals surface area contributed by atoms with Crippen molar-refractivity contribution < 1.29 is 5.11 Å². The average molecular weight is 276 g/mol. The molecule has 0 spiro atoms. The zero-order chi connectivity index (χ0) is 13.8. The number of hydrogen-bond acceptors (Lipinski definition) is 2. The number of hydrogen-bond donors (Lipinski definition) is 2. The molecule has 0 aliphatic carbocycles. The van der Waals surface area contributed by atoms with Crippen molar-refractivity contribution in [2.24, 2.45) is 5.73 Å². The Hall–Kier alpha value is -1.35. The van der Waals surface area contributed by atoms with E-state index in [2.05, 4.69) is 0 Å². The number of aryl methyl sites for hydroxylation is 1. The van der Waals surface area contributed by atoms with Crippen LogP contribution in [0.1, 0.15) is 28.7 Å². The van der Waals surface area contributed by atoms with Crippen LogP contribution in [0.2, 0.25) is 5.02 Å². The van der Waals surface area contributed by atoms with Gasteiger partial charge in [-0.05, 0) is 29.7 Å². The van der Waals surface area contributed by atoms with Crippen molar-refractivity contribution >= 4 is 11.6 Å². The third kappa shape index (κ3) is 3.16. The maximum atomic E-state index is 10.5. The van der Waals surface area contributed by atoms with E-state index in [1.54, 1.807) is 0 Å². The van der Waals surface area contributed by atoms with E-state index in [1.165, 1.54) is 0 Å². The van der Waals surface area contributed by atoms with Crippen molar-refractivity contribution in [3.05, 3.63) is 70.2 Å². The van der Waals surface area contributed by atoms with Gasteiger partial charge in [0.15, 0.2) is 0 Å². The minimum Gasteiger partial charge on any atom is -0.388 e. The smallest absolute Gasteiger partial charge is 0.0870 e. The first-order chi connectivity index (χ1) is 9.13. The van der Waals surface area contributed by atoms with Gasteiger partial charge in [0, 0.05) is 17.5 Å². The van der Waals surface area contributed by atoms with Crippen LogP contribution in [0, 0.1) is 6.92 Å². The van der Waals surface area contributed by atoms with Gasteiger partial charge in [0.1, 0.15) is 0 Å². The Morgan fingerprint density at radius 1 is 1.11 bits per heavy atom. The highest BCUT2D eigenvalue weighted by molar-refractivity contribution is 6.31. The second-order valence-electron chi connectivity index (χ2n) is 4.71. The number of benzene rings is 2. The van der Waals surface area contributed by atoms with Gasteiger partial charge in [-0.15, -0.1) is 0 Å². The molecule has 0 saturated heterocycles. The lowest BCUT2D eigenvalue weighted by atomic mass is 9.89. The second-order valence-corrected chi connectivity index (χ2v) is 5.11. The maximum Gasteiger partial charge on any atom is 0.0870 e. The van der Waals surface area contributed by atoms with Crippen LogP contribution in [0.5, 0.6) is 0 Å². The number of rotatable bonds is 4. The van der Waals surface area contributed by atoms with Crippen molar-refractivity contribution in [3.63, 3.8) is 0 Å². The quantitative estimate of drug-likeness (QED) is 0.898. The van der Waals surface area contributed by atoms with Crippen LogP contribution in [-0.2, 0) is 0 Å². The van der Waals surface area contributed by atoms with E-state index in [0.29, 0.717) is 11.6 Å². The van der Waals surface area contributed by atoms with E-state index in [9.17, 15) is 5.11 Å². The lowest BCUT2D eigenvalue weighted by Crippen LogP contribution is -2.20. The average Bonchev–Trinajstić information content (AvgIpc) is 2.44. The van der Waals surface area contributed by atoms with E-state index in [1.807, 2.05) is 55.5 Å². The summed E-state index contributed by atoms with van der Waals surface area (Å²) in [5.74, 6) is -0.109. The molecule has 2 atom stereocenters. The molecule has 0 fully saturated rings. The summed E-state index contributed by atoms with van der Waals surface area (Å²) in [6, 6.07) is 15.4. The van der Waals surface area contributed by atoms with Gasteiger partial charge in [0.2, 0.25) is 0 Å². The largest absolute Gasteiger partial charge is 0.388 e. The van der Waals surface area contributed by atoms with Gasteiger partial charge < -0.3 is 10.8 Å². The summed E-state index contributed by atoms with van der Waals surface area (Å²) >= 11 is 6.01. The molecule has 0 heterocycles. The molecule has 3 heteroatoms. The van der Waals surface area contributed by atoms with Crippen LogP contribution in [0.3, 0.4) is 0 Å². The molecule has 2 nitrogen and oxygen atoms in total. The molecule has 0 amide bonds. The van der Waals surface area contributed by atoms with Crippen molar-refractivity contribution in [1.82, 2.24) is 0 Å². The first kappa shape index (κ1) is 14.1. The van der Waals surface area contributed by atoms with Crippen molar-refractivity contribution in [3.8, 4) is 0 Å². The first-order valence-electron chi connectivity index (χ1n) is 6.32. The fourth-order valence-electron chi connectivity index (χ4n) is 2.23. The molecular weight excluding hydrogens is 258 g/mol. The van der Waals surface area contributed by atoms with E-state index >= 15 is 0 Å². The lowest BCUT2D eigenvalue weighted by Gasteiger charge is -2.22. The minimum absolute atomic E-state index is 0.109. The van der Waals surface area contributed by atoms with Gasteiger partial charge in [-0.2, -0.15) is 0 Å². The topological polar surface area (TPSA) is 46.2 Å². The van der Waals surface area contributed by atoms with E-state index in [-0.39, 0.29) is 5.92 Å². The first-order valence-corrected chi connectivity index (χ1v) is 6.70. The Kier molecular flexibility index (Phi) is 4.59. The molecule has 0 aromatic heterocycles. The van der Waals surface area contributed by atoms with Gasteiger partial charge in [-0.3, -0.25) is 0 Å². The summed E-state index contributed by atoms with van der Waals surface area (Å²) in [4.78, 5) is 0. The minimum atomic E-state index is -0.622. The Balaban J connectivity index is 2.30. The normalized spacial score (nSPS) is 14.1. The Labute approximate surface area is 118 Å². The fourth-order valence-corrected chi connectivity index (χ4v) is 2.35. The predicted octanol–water partition coefficient (Wildman–Crippen LogP) is 3.42. The number of aliphatic hydroxyl groups is 1. The number of aliphatic hydroxyl groups excluding tert-OH is 1. The second kappa shape index (κ2) is 6.20. The molecule has 0 radical (unpaired) electrons. The molecular formula is C16H18ClNO. The molecule has 100 valence electrons. The van der Waals surface area contributed by atoms with Crippen LogP contribution in [0.15, 0.2) is 48.5 Å². The van der Waals surface area contributed by atoms with Crippen LogP contribution in [-0.4, -0.2) is 11.7 Å². The fraction of sp³-hybridized carbons (Fsp3) is 0.250. The molecule has 0 aliphatic heterocycles. The van der Waals surface area contributed by atoms with Crippen molar-refractivity contribution in [1.29, 1.82) is 0 Å². The highest BCUT2D eigenvalue weighted by atomic mass is 35.5. The monoisotopic (exact) mass is 275 g/mol. The zero-order valence-electron chi connectivity index (χ0n) is 10.9. The molecule has 3 N–H and O–H groups in total. The van der Waals surface area contributed by atoms with E-state index in [4.69, 9.17) is 17.3 Å². The third-order valence-corrected chi connectivity index (χ3v) is 3.81. The molecule has 0 saturated carbocycles. The summed E-state index contributed by atoms with van der Waals surface area (Å²) in [6.45, 7) is 2.32. The third-order valence-electron chi connectivity index (χ3n) is 3.39. The summed E-state index contributed by atoms with van der Waals surface area (Å²) in [6.07, 6.45) is -0.622. The molecule has 0 aliphatic rings. The van der Waals surface area contributed by atoms with Gasteiger partial charge >= 0.3 is 0 Å². The molecule has 0 bridgehead atoms. The predicted molar refractivity (Wildman–Crippen MR) is 79.4 cm³/mol. The zero-order valence-corrected chi connectivity index (χ0v) is 11.6. The van der Waals surface area contributed by atoms with Gasteiger partial charge in [-0.1, -0.05) is 54.1 Å². The highest BCUT2D eigenvalue weighted by Crippen LogP contribution is 2.31. The number of halogens is 1. The Bertz CT molecular complexity index is 542. The van der Waals surface area contributed by atoms with Gasteiger partial charge in [-0.25, -0.2) is 0 Å². The summed E-state index contributed by atoms with van der Waals surface area (Å²) in [5, 5.41) is 11.2. The number of nitrogens with two attached hydrogens (primary N) is 1. The Morgan fingerprint density at radius 3 is 2.37 bits per heavy atom. The van der Waals surface area contributed by atoms with Crippen molar-refractivity contribution in [2.75, 3.05) is 6.54 Å². The molecule has 19 heavy (non-hydrogen) atoms. The summed E-state index contributed by atoms with van der Waals surface area (Å²) in [7, 11) is 0. The van der Waals surface area contributed by atoms with Gasteiger partial charge in [0.05, 0.1) is 6.10 Å². The highest BCUT2D eigenvalue weighted by Gasteiger charge is 2.21. The van der Waals surface area contributed by atoms with E-state index < -0.39 is 6.10 Å². The molecule has 2 rings (SSSR count). The van der Waals surface area contributed by atoms with E-state index in [0.717, 1.165) is 16.7 Å². The van der Waals surface area contributed by atoms with Crippen LogP contribution >= 0.6 is 11.6 Å². The molecule has 2 aromatic rings. The Morgan fingerprint density at radius 2 is 1.79 bits per heavy atom.